The molecule has 2 atom stereocenters. The molecule has 0 amide bonds. The Kier molecular flexibility index (Phi) is 7.14. The highest BCUT2D eigenvalue weighted by Gasteiger charge is 2.45. The molecule has 1 fully saturated rings. The van der Waals surface area contributed by atoms with Gasteiger partial charge in [0.2, 0.25) is 0 Å². The van der Waals surface area contributed by atoms with Gasteiger partial charge in [-0.3, -0.25) is 9.48 Å². The van der Waals surface area contributed by atoms with Crippen molar-refractivity contribution in [3.05, 3.63) is 34.9 Å². The van der Waals surface area contributed by atoms with Crippen LogP contribution in [0, 0.1) is 25.1 Å². The van der Waals surface area contributed by atoms with Crippen molar-refractivity contribution in [2.24, 2.45) is 5.41 Å². The zero-order valence-corrected chi connectivity index (χ0v) is 22.1. The Morgan fingerprint density at radius 3 is 2.47 bits per heavy atom. The van der Waals surface area contributed by atoms with Crippen molar-refractivity contribution in [1.29, 1.82) is 0 Å². The van der Waals surface area contributed by atoms with E-state index in [1.54, 1.807) is 13.0 Å². The van der Waals surface area contributed by atoms with Crippen LogP contribution in [0.3, 0.4) is 0 Å². The van der Waals surface area contributed by atoms with E-state index in [9.17, 15) is 4.79 Å². The molecule has 2 aromatic rings. The summed E-state index contributed by atoms with van der Waals surface area (Å²) in [7, 11) is 0. The smallest absolute Gasteiger partial charge is 0.313 e. The molecule has 0 aliphatic carbocycles. The van der Waals surface area contributed by atoms with Crippen molar-refractivity contribution >= 4 is 17.6 Å². The summed E-state index contributed by atoms with van der Waals surface area (Å²) in [5.74, 6) is 0.490. The maximum absolute atomic E-state index is 15.3. The SMILES string of the molecule is Cc1cc(Nc2cc(C)n(C(C)(C)C)n2)nc(C[C@@]2(C(=O)OC(C)(C)C)CCN[C@H](C)C2)c1F. The van der Waals surface area contributed by atoms with E-state index in [-0.39, 0.29) is 35.5 Å². The number of nitrogens with zero attached hydrogens (tertiary/aromatic N) is 3. The van der Waals surface area contributed by atoms with Gasteiger partial charge in [0.05, 0.1) is 16.6 Å². The molecule has 0 aromatic carbocycles. The first-order valence-electron chi connectivity index (χ1n) is 12.1. The Balaban J connectivity index is 1.95. The molecule has 3 heterocycles. The first-order valence-corrected chi connectivity index (χ1v) is 12.1. The maximum atomic E-state index is 15.3. The molecule has 7 nitrogen and oxygen atoms in total. The molecule has 1 aliphatic rings. The molecule has 3 rings (SSSR count). The number of anilines is 2. The number of hydrogen-bond donors (Lipinski definition) is 2. The largest absolute Gasteiger partial charge is 0.460 e. The second-order valence-corrected chi connectivity index (χ2v) is 11.7. The van der Waals surface area contributed by atoms with Crippen molar-refractivity contribution in [1.82, 2.24) is 20.1 Å². The lowest BCUT2D eigenvalue weighted by molar-refractivity contribution is -0.170. The summed E-state index contributed by atoms with van der Waals surface area (Å²) in [6.07, 6.45) is 1.32. The van der Waals surface area contributed by atoms with Crippen molar-refractivity contribution < 1.29 is 13.9 Å². The molecule has 2 N–H and O–H groups in total. The fraction of sp³-hybridized carbons (Fsp3) is 0.654. The van der Waals surface area contributed by atoms with Gasteiger partial charge < -0.3 is 15.4 Å². The van der Waals surface area contributed by atoms with Gasteiger partial charge >= 0.3 is 5.97 Å². The summed E-state index contributed by atoms with van der Waals surface area (Å²) in [5, 5.41) is 11.3. The van der Waals surface area contributed by atoms with Crippen LogP contribution >= 0.6 is 0 Å². The Labute approximate surface area is 202 Å². The van der Waals surface area contributed by atoms with Crippen molar-refractivity contribution in [3.63, 3.8) is 0 Å². The second-order valence-electron chi connectivity index (χ2n) is 11.7. The zero-order chi connectivity index (χ0) is 25.5. The van der Waals surface area contributed by atoms with E-state index in [4.69, 9.17) is 4.74 Å². The molecular formula is C26H40FN5O2. The van der Waals surface area contributed by atoms with Crippen LogP contribution in [-0.2, 0) is 21.5 Å². The number of halogens is 1. The van der Waals surface area contributed by atoms with Crippen LogP contribution in [0.4, 0.5) is 16.0 Å². The van der Waals surface area contributed by atoms with Gasteiger partial charge in [-0.25, -0.2) is 9.37 Å². The number of nitrogens with one attached hydrogen (secondary N) is 2. The number of hydrogen-bond acceptors (Lipinski definition) is 6. The number of carbonyl (C=O) groups excluding carboxylic acids is 1. The lowest BCUT2D eigenvalue weighted by Crippen LogP contribution is -2.50. The van der Waals surface area contributed by atoms with Gasteiger partial charge in [-0.05, 0) is 93.3 Å². The van der Waals surface area contributed by atoms with Gasteiger partial charge in [-0.1, -0.05) is 0 Å². The van der Waals surface area contributed by atoms with E-state index < -0.39 is 11.0 Å². The van der Waals surface area contributed by atoms with Crippen LogP contribution in [0.2, 0.25) is 0 Å². The van der Waals surface area contributed by atoms with Crippen LogP contribution in [0.25, 0.3) is 0 Å². The third-order valence-corrected chi connectivity index (χ3v) is 6.12. The lowest BCUT2D eigenvalue weighted by atomic mass is 9.72. The quantitative estimate of drug-likeness (QED) is 0.583. The number of carbonyl (C=O) groups is 1. The van der Waals surface area contributed by atoms with E-state index in [1.165, 1.54) is 0 Å². The van der Waals surface area contributed by atoms with Gasteiger partial charge in [-0.2, -0.15) is 5.10 Å². The van der Waals surface area contributed by atoms with Crippen LogP contribution in [-0.4, -0.2) is 38.9 Å². The fourth-order valence-corrected chi connectivity index (χ4v) is 4.69. The minimum Gasteiger partial charge on any atom is -0.460 e. The molecule has 0 bridgehead atoms. The highest BCUT2D eigenvalue weighted by molar-refractivity contribution is 5.78. The van der Waals surface area contributed by atoms with Crippen molar-refractivity contribution in [2.75, 3.05) is 11.9 Å². The number of ether oxygens (including phenoxy) is 1. The summed E-state index contributed by atoms with van der Waals surface area (Å²) in [6.45, 7) is 18.3. The molecule has 8 heteroatoms. The molecule has 0 saturated carbocycles. The molecule has 1 aliphatic heterocycles. The standard InChI is InChI=1S/C26H40FN5O2/c1-16-12-20(30-21-13-18(3)32(31-21)24(4,5)6)29-19(22(16)27)15-26(10-11-28-17(2)14-26)23(33)34-25(7,8)9/h12-13,17,28H,10-11,14-15H2,1-9H3,(H,29,30,31)/t17-,26-/m1/s1. The first kappa shape index (κ1) is 26.1. The summed E-state index contributed by atoms with van der Waals surface area (Å²) in [4.78, 5) is 18.0. The lowest BCUT2D eigenvalue weighted by Gasteiger charge is -2.40. The van der Waals surface area contributed by atoms with Gasteiger partial charge in [0, 0.05) is 24.2 Å². The molecule has 0 spiro atoms. The molecule has 1 saturated heterocycles. The molecule has 0 radical (unpaired) electrons. The molecule has 188 valence electrons. The van der Waals surface area contributed by atoms with E-state index in [2.05, 4.69) is 41.5 Å². The Morgan fingerprint density at radius 1 is 1.24 bits per heavy atom. The Hall–Kier alpha value is -2.48. The Bertz CT molecular complexity index is 1050. The topological polar surface area (TPSA) is 81.1 Å². The summed E-state index contributed by atoms with van der Waals surface area (Å²) in [5.41, 5.74) is 0.151. The summed E-state index contributed by atoms with van der Waals surface area (Å²) >= 11 is 0. The van der Waals surface area contributed by atoms with Gasteiger partial charge in [0.25, 0.3) is 0 Å². The zero-order valence-electron chi connectivity index (χ0n) is 22.1. The van der Waals surface area contributed by atoms with Gasteiger partial charge in [0.1, 0.15) is 17.2 Å². The van der Waals surface area contributed by atoms with E-state index in [0.717, 1.165) is 5.69 Å². The van der Waals surface area contributed by atoms with E-state index in [1.807, 2.05) is 45.4 Å². The predicted octanol–water partition coefficient (Wildman–Crippen LogP) is 5.18. The molecule has 34 heavy (non-hydrogen) atoms. The predicted molar refractivity (Wildman–Crippen MR) is 133 cm³/mol. The normalized spacial score (nSPS) is 21.4. The average molecular weight is 474 g/mol. The average Bonchev–Trinajstić information content (AvgIpc) is 3.05. The summed E-state index contributed by atoms with van der Waals surface area (Å²) < 4.78 is 23.0. The van der Waals surface area contributed by atoms with Gasteiger partial charge in [-0.15, -0.1) is 0 Å². The van der Waals surface area contributed by atoms with Crippen LogP contribution in [0.15, 0.2) is 12.1 Å². The monoisotopic (exact) mass is 473 g/mol. The van der Waals surface area contributed by atoms with E-state index in [0.29, 0.717) is 36.6 Å². The third kappa shape index (κ3) is 5.95. The van der Waals surface area contributed by atoms with Crippen molar-refractivity contribution in [3.8, 4) is 0 Å². The number of esters is 1. The van der Waals surface area contributed by atoms with Crippen LogP contribution in [0.1, 0.15) is 78.3 Å². The number of aryl methyl sites for hydroxylation is 2. The molecule has 2 aromatic heterocycles. The van der Waals surface area contributed by atoms with Gasteiger partial charge in [0.15, 0.2) is 5.82 Å². The third-order valence-electron chi connectivity index (χ3n) is 6.12. The first-order chi connectivity index (χ1) is 15.6. The van der Waals surface area contributed by atoms with Crippen molar-refractivity contribution in [2.45, 2.75) is 98.8 Å². The van der Waals surface area contributed by atoms with Crippen LogP contribution < -0.4 is 10.6 Å². The highest BCUT2D eigenvalue weighted by atomic mass is 19.1. The second kappa shape index (κ2) is 9.29. The molecular weight excluding hydrogens is 433 g/mol. The van der Waals surface area contributed by atoms with E-state index >= 15 is 4.39 Å². The number of aromatic nitrogens is 3. The Morgan fingerprint density at radius 2 is 1.91 bits per heavy atom. The number of pyridine rings is 1. The fourth-order valence-electron chi connectivity index (χ4n) is 4.69. The van der Waals surface area contributed by atoms with Crippen LogP contribution in [0.5, 0.6) is 0 Å². The summed E-state index contributed by atoms with van der Waals surface area (Å²) in [6, 6.07) is 3.74. The molecule has 0 unspecified atom stereocenters. The number of piperidine rings is 1. The highest BCUT2D eigenvalue weighted by Crippen LogP contribution is 2.38. The minimum absolute atomic E-state index is 0.121. The maximum Gasteiger partial charge on any atom is 0.313 e. The minimum atomic E-state index is -0.832. The number of rotatable bonds is 5.